The summed E-state index contributed by atoms with van der Waals surface area (Å²) in [5.41, 5.74) is 3.98. The van der Waals surface area contributed by atoms with Gasteiger partial charge < -0.3 is 10.0 Å². The Morgan fingerprint density at radius 3 is 2.54 bits per heavy atom. The molecule has 1 amide bonds. The minimum Gasteiger partial charge on any atom is -0.507 e. The number of thiazole rings is 1. The highest BCUT2D eigenvalue weighted by molar-refractivity contribution is 7.18. The lowest BCUT2D eigenvalue weighted by molar-refractivity contribution is 0.0709. The van der Waals surface area contributed by atoms with Gasteiger partial charge in [0.05, 0.1) is 20.8 Å². The highest BCUT2D eigenvalue weighted by Crippen LogP contribution is 2.35. The number of rotatable bonds is 2. The fraction of sp³-hybridized carbons (Fsp3) is 0.391. The number of amides is 1. The summed E-state index contributed by atoms with van der Waals surface area (Å²) in [6, 6.07) is 12.0. The number of phenols is 1. The number of likely N-dealkylation sites (tertiary alicyclic amines) is 1. The van der Waals surface area contributed by atoms with E-state index in [1.807, 2.05) is 23.1 Å². The number of fused-ring (bicyclic) bond motifs is 2. The predicted molar refractivity (Wildman–Crippen MR) is 112 cm³/mol. The molecule has 28 heavy (non-hydrogen) atoms. The minimum atomic E-state index is -0.0337. The van der Waals surface area contributed by atoms with Gasteiger partial charge in [-0.15, -0.1) is 11.3 Å². The molecule has 0 bridgehead atoms. The summed E-state index contributed by atoms with van der Waals surface area (Å²) in [4.78, 5) is 19.7. The zero-order chi connectivity index (χ0) is 19.1. The Bertz CT molecular complexity index is 1000. The topological polar surface area (TPSA) is 53.4 Å². The number of nitrogens with zero attached hydrogens (tertiary/aromatic N) is 2. The molecule has 2 heterocycles. The fourth-order valence-electron chi connectivity index (χ4n) is 4.51. The summed E-state index contributed by atoms with van der Waals surface area (Å²) in [7, 11) is 0. The van der Waals surface area contributed by atoms with Crippen molar-refractivity contribution < 1.29 is 9.90 Å². The summed E-state index contributed by atoms with van der Waals surface area (Å²) in [6.45, 7) is 1.44. The number of carbonyl (C=O) groups is 1. The first-order valence-electron chi connectivity index (χ1n) is 10.2. The molecule has 0 saturated carbocycles. The van der Waals surface area contributed by atoms with Gasteiger partial charge in [0, 0.05) is 19.0 Å². The SMILES string of the molecule is O=C(c1cc2c(cc1O)CCCC2)N1CCC(c2nc3ccccc3s2)CC1. The van der Waals surface area contributed by atoms with E-state index < -0.39 is 0 Å². The van der Waals surface area contributed by atoms with Crippen LogP contribution in [0, 0.1) is 0 Å². The molecule has 0 atom stereocenters. The molecule has 1 N–H and O–H groups in total. The molecule has 5 rings (SSSR count). The monoisotopic (exact) mass is 392 g/mol. The minimum absolute atomic E-state index is 0.0337. The van der Waals surface area contributed by atoms with Crippen molar-refractivity contribution in [3.05, 3.63) is 58.1 Å². The first kappa shape index (κ1) is 17.7. The first-order chi connectivity index (χ1) is 13.7. The molecule has 4 nitrogen and oxygen atoms in total. The van der Waals surface area contributed by atoms with E-state index in [1.54, 1.807) is 11.3 Å². The lowest BCUT2D eigenvalue weighted by atomic mass is 9.89. The standard InChI is InChI=1S/C23H24N2O2S/c26-20-14-17-6-2-1-5-16(17)13-18(20)23(27)25-11-9-15(10-12-25)22-24-19-7-3-4-8-21(19)28-22/h3-4,7-8,13-15,26H,1-2,5-6,9-12H2. The number of benzene rings is 2. The molecule has 0 spiro atoms. The molecule has 2 aliphatic rings. The van der Waals surface area contributed by atoms with E-state index in [9.17, 15) is 9.90 Å². The Kier molecular flexibility index (Phi) is 4.55. The van der Waals surface area contributed by atoms with Gasteiger partial charge in [-0.3, -0.25) is 4.79 Å². The summed E-state index contributed by atoms with van der Waals surface area (Å²) < 4.78 is 1.23. The maximum absolute atomic E-state index is 13.0. The van der Waals surface area contributed by atoms with Gasteiger partial charge >= 0.3 is 0 Å². The maximum Gasteiger partial charge on any atom is 0.257 e. The molecule has 0 radical (unpaired) electrons. The molecule has 1 aliphatic heterocycles. The van der Waals surface area contributed by atoms with Crippen LogP contribution in [0.3, 0.4) is 0 Å². The summed E-state index contributed by atoms with van der Waals surface area (Å²) in [5.74, 6) is 0.520. The third-order valence-corrected chi connectivity index (χ3v) is 7.33. The van der Waals surface area contributed by atoms with Crippen LogP contribution < -0.4 is 0 Å². The van der Waals surface area contributed by atoms with E-state index in [-0.39, 0.29) is 11.7 Å². The van der Waals surface area contributed by atoms with E-state index in [0.29, 0.717) is 11.5 Å². The van der Waals surface area contributed by atoms with E-state index in [1.165, 1.54) is 33.7 Å². The number of phenolic OH excluding ortho intramolecular Hbond substituents is 1. The molecule has 2 aromatic carbocycles. The molecule has 3 aromatic rings. The van der Waals surface area contributed by atoms with Crippen LogP contribution >= 0.6 is 11.3 Å². The van der Waals surface area contributed by atoms with E-state index in [2.05, 4.69) is 18.2 Å². The highest BCUT2D eigenvalue weighted by Gasteiger charge is 2.28. The van der Waals surface area contributed by atoms with Gasteiger partial charge in [0.25, 0.3) is 5.91 Å². The Balaban J connectivity index is 1.30. The highest BCUT2D eigenvalue weighted by atomic mass is 32.1. The van der Waals surface area contributed by atoms with Crippen LogP contribution in [0.1, 0.15) is 58.1 Å². The van der Waals surface area contributed by atoms with Gasteiger partial charge in [0.1, 0.15) is 5.75 Å². The Morgan fingerprint density at radius 2 is 1.79 bits per heavy atom. The lowest BCUT2D eigenvalue weighted by Crippen LogP contribution is -2.38. The van der Waals surface area contributed by atoms with Crippen LogP contribution in [0.2, 0.25) is 0 Å². The molecule has 0 unspecified atom stereocenters. The van der Waals surface area contributed by atoms with Crippen LogP contribution in [0.15, 0.2) is 36.4 Å². The third-order valence-electron chi connectivity index (χ3n) is 6.13. The molecule has 1 aromatic heterocycles. The largest absolute Gasteiger partial charge is 0.507 e. The molecule has 1 fully saturated rings. The number of aryl methyl sites for hydroxylation is 2. The average Bonchev–Trinajstić information content (AvgIpc) is 3.17. The number of aromatic nitrogens is 1. The number of hydrogen-bond donors (Lipinski definition) is 1. The van der Waals surface area contributed by atoms with Crippen molar-refractivity contribution in [2.75, 3.05) is 13.1 Å². The molecule has 1 saturated heterocycles. The van der Waals surface area contributed by atoms with Crippen molar-refractivity contribution >= 4 is 27.5 Å². The first-order valence-corrected chi connectivity index (χ1v) is 11.0. The smallest absolute Gasteiger partial charge is 0.257 e. The van der Waals surface area contributed by atoms with E-state index in [4.69, 9.17) is 4.98 Å². The van der Waals surface area contributed by atoms with Crippen LogP contribution in [0.5, 0.6) is 5.75 Å². The van der Waals surface area contributed by atoms with Gasteiger partial charge in [-0.25, -0.2) is 4.98 Å². The van der Waals surface area contributed by atoms with E-state index >= 15 is 0 Å². The molecule has 144 valence electrons. The zero-order valence-electron chi connectivity index (χ0n) is 15.9. The Morgan fingerprint density at radius 1 is 1.07 bits per heavy atom. The number of piperidine rings is 1. The number of aromatic hydroxyl groups is 1. The van der Waals surface area contributed by atoms with Crippen molar-refractivity contribution in [1.29, 1.82) is 0 Å². The van der Waals surface area contributed by atoms with Crippen molar-refractivity contribution in [1.82, 2.24) is 9.88 Å². The second-order valence-electron chi connectivity index (χ2n) is 7.93. The molecule has 1 aliphatic carbocycles. The number of para-hydroxylation sites is 1. The fourth-order valence-corrected chi connectivity index (χ4v) is 5.65. The lowest BCUT2D eigenvalue weighted by Gasteiger charge is -2.31. The third kappa shape index (κ3) is 3.18. The van der Waals surface area contributed by atoms with Crippen molar-refractivity contribution in [3.63, 3.8) is 0 Å². The van der Waals surface area contributed by atoms with Crippen molar-refractivity contribution in [2.24, 2.45) is 0 Å². The second-order valence-corrected chi connectivity index (χ2v) is 8.99. The van der Waals surface area contributed by atoms with Gasteiger partial charge in [0.2, 0.25) is 0 Å². The Hall–Kier alpha value is -2.40. The van der Waals surface area contributed by atoms with Gasteiger partial charge in [-0.05, 0) is 73.9 Å². The molecular formula is C23H24N2O2S. The summed E-state index contributed by atoms with van der Waals surface area (Å²) in [5, 5.41) is 11.6. The van der Waals surface area contributed by atoms with Crippen LogP contribution in [0.25, 0.3) is 10.2 Å². The normalized spacial score (nSPS) is 17.6. The molecular weight excluding hydrogens is 368 g/mol. The van der Waals surface area contributed by atoms with Crippen LogP contribution in [-0.4, -0.2) is 34.0 Å². The average molecular weight is 393 g/mol. The van der Waals surface area contributed by atoms with Crippen molar-refractivity contribution in [3.8, 4) is 5.75 Å². The summed E-state index contributed by atoms with van der Waals surface area (Å²) >= 11 is 1.77. The van der Waals surface area contributed by atoms with Crippen molar-refractivity contribution in [2.45, 2.75) is 44.4 Å². The predicted octanol–water partition coefficient (Wildman–Crippen LogP) is 4.90. The van der Waals surface area contributed by atoms with Gasteiger partial charge in [-0.1, -0.05) is 12.1 Å². The number of carbonyl (C=O) groups excluding carboxylic acids is 1. The summed E-state index contributed by atoms with van der Waals surface area (Å²) in [6.07, 6.45) is 6.20. The number of hydrogen-bond acceptors (Lipinski definition) is 4. The molecule has 5 heteroatoms. The zero-order valence-corrected chi connectivity index (χ0v) is 16.7. The van der Waals surface area contributed by atoms with Gasteiger partial charge in [0.15, 0.2) is 0 Å². The van der Waals surface area contributed by atoms with Gasteiger partial charge in [-0.2, -0.15) is 0 Å². The van der Waals surface area contributed by atoms with E-state index in [0.717, 1.165) is 44.3 Å². The Labute approximate surface area is 168 Å². The quantitative estimate of drug-likeness (QED) is 0.675. The van der Waals surface area contributed by atoms with Crippen LogP contribution in [-0.2, 0) is 12.8 Å². The maximum atomic E-state index is 13.0. The second kappa shape index (κ2) is 7.21. The van der Waals surface area contributed by atoms with Crippen LogP contribution in [0.4, 0.5) is 0 Å².